The number of nitrogens with two attached hydrogens (primary N) is 1. The molecular weight excluding hydrogens is 376 g/mol. The molecule has 2 amide bonds. The summed E-state index contributed by atoms with van der Waals surface area (Å²) in [7, 11) is 0. The van der Waals surface area contributed by atoms with Crippen LogP contribution in [0, 0.1) is 5.92 Å². The fourth-order valence-corrected chi connectivity index (χ4v) is 3.09. The smallest absolute Gasteiger partial charge is 0.372 e. The summed E-state index contributed by atoms with van der Waals surface area (Å²) < 4.78 is 5.12. The number of primary amides is 1. The second kappa shape index (κ2) is 11.8. The van der Waals surface area contributed by atoms with Gasteiger partial charge in [-0.3, -0.25) is 9.59 Å². The molecule has 3 N–H and O–H groups in total. The second-order valence-electron chi connectivity index (χ2n) is 5.83. The molecule has 144 valence electrons. The summed E-state index contributed by atoms with van der Waals surface area (Å²) in [5.74, 6) is -0.614. The van der Waals surface area contributed by atoms with Crippen LogP contribution >= 0.6 is 23.4 Å². The van der Waals surface area contributed by atoms with Gasteiger partial charge in [-0.15, -0.1) is 11.6 Å². The van der Waals surface area contributed by atoms with Crippen molar-refractivity contribution in [2.75, 3.05) is 12.5 Å². The average molecular weight is 401 g/mol. The summed E-state index contributed by atoms with van der Waals surface area (Å²) in [5.41, 5.74) is 5.69. The second-order valence-corrected chi connectivity index (χ2v) is 7.19. The minimum absolute atomic E-state index is 0.0943. The Balaban J connectivity index is 2.79. The molecule has 8 heteroatoms. The van der Waals surface area contributed by atoms with Crippen LogP contribution in [0.15, 0.2) is 29.2 Å². The molecule has 1 aromatic carbocycles. The first-order valence-corrected chi connectivity index (χ1v) is 9.85. The zero-order valence-corrected chi connectivity index (χ0v) is 16.6. The molecular formula is C18H25ClN2O4S. The van der Waals surface area contributed by atoms with Crippen molar-refractivity contribution in [3.8, 4) is 0 Å². The van der Waals surface area contributed by atoms with Gasteiger partial charge in [0.15, 0.2) is 0 Å². The standard InChI is InChI=1S/C18H25ClN2O4S/c1-3-12(2)15(16(20)22)21-17(23)13-8-4-5-9-14(13)26-18(24)25-11-7-6-10-19/h4-5,8-9,12,15H,3,6-7,10-11H2,1-2H3,(H2,20,22)(H,21,23). The van der Waals surface area contributed by atoms with Crippen LogP contribution in [0.1, 0.15) is 43.5 Å². The fraction of sp³-hybridized carbons (Fsp3) is 0.500. The lowest BCUT2D eigenvalue weighted by molar-refractivity contribution is -0.120. The molecule has 0 spiro atoms. The van der Waals surface area contributed by atoms with Crippen molar-refractivity contribution < 1.29 is 19.1 Å². The molecule has 0 aromatic heterocycles. The molecule has 0 fully saturated rings. The SMILES string of the molecule is CCC(C)C(NC(=O)c1ccccc1SC(=O)OCCCCCl)C(N)=O. The minimum Gasteiger partial charge on any atom is -0.457 e. The highest BCUT2D eigenvalue weighted by Crippen LogP contribution is 2.25. The van der Waals surface area contributed by atoms with E-state index in [0.717, 1.165) is 18.2 Å². The van der Waals surface area contributed by atoms with E-state index in [9.17, 15) is 14.4 Å². The number of hydrogen-bond acceptors (Lipinski definition) is 5. The third-order valence-electron chi connectivity index (χ3n) is 3.88. The number of carbonyl (C=O) groups excluding carboxylic acids is 3. The fourth-order valence-electron chi connectivity index (χ4n) is 2.16. The van der Waals surface area contributed by atoms with E-state index in [1.807, 2.05) is 13.8 Å². The maximum Gasteiger partial charge on any atom is 0.372 e. The zero-order valence-electron chi connectivity index (χ0n) is 15.0. The number of halogens is 1. The Kier molecular flexibility index (Phi) is 10.1. The minimum atomic E-state index is -0.770. The first-order chi connectivity index (χ1) is 12.4. The Bertz CT molecular complexity index is 627. The average Bonchev–Trinajstić information content (AvgIpc) is 2.62. The predicted molar refractivity (Wildman–Crippen MR) is 104 cm³/mol. The topological polar surface area (TPSA) is 98.5 Å². The highest BCUT2D eigenvalue weighted by molar-refractivity contribution is 8.13. The van der Waals surface area contributed by atoms with E-state index < -0.39 is 23.2 Å². The van der Waals surface area contributed by atoms with Crippen molar-refractivity contribution in [3.63, 3.8) is 0 Å². The van der Waals surface area contributed by atoms with Gasteiger partial charge >= 0.3 is 5.30 Å². The lowest BCUT2D eigenvalue weighted by atomic mass is 9.98. The number of hydrogen-bond donors (Lipinski definition) is 2. The first kappa shape index (κ1) is 22.3. The number of nitrogens with one attached hydrogen (secondary N) is 1. The van der Waals surface area contributed by atoms with Crippen LogP contribution in [-0.2, 0) is 9.53 Å². The number of thioether (sulfide) groups is 1. The van der Waals surface area contributed by atoms with E-state index in [0.29, 0.717) is 29.2 Å². The lowest BCUT2D eigenvalue weighted by Gasteiger charge is -2.21. The molecule has 2 atom stereocenters. The predicted octanol–water partition coefficient (Wildman–Crippen LogP) is 3.56. The summed E-state index contributed by atoms with van der Waals surface area (Å²) in [6.07, 6.45) is 2.15. The van der Waals surface area contributed by atoms with Gasteiger partial charge in [-0.1, -0.05) is 32.4 Å². The molecule has 0 saturated carbocycles. The third-order valence-corrected chi connectivity index (χ3v) is 5.01. The van der Waals surface area contributed by atoms with E-state index >= 15 is 0 Å². The molecule has 1 rings (SSSR count). The van der Waals surface area contributed by atoms with Crippen LogP contribution in [0.5, 0.6) is 0 Å². The van der Waals surface area contributed by atoms with Gasteiger partial charge in [0.1, 0.15) is 6.04 Å². The van der Waals surface area contributed by atoms with E-state index in [1.54, 1.807) is 24.3 Å². The molecule has 6 nitrogen and oxygen atoms in total. The van der Waals surface area contributed by atoms with Crippen LogP contribution in [0.25, 0.3) is 0 Å². The molecule has 0 heterocycles. The summed E-state index contributed by atoms with van der Waals surface area (Å²) >= 11 is 6.41. The summed E-state index contributed by atoms with van der Waals surface area (Å²) in [6.45, 7) is 4.04. The van der Waals surface area contributed by atoms with E-state index in [-0.39, 0.29) is 12.5 Å². The third kappa shape index (κ3) is 7.25. The van der Waals surface area contributed by atoms with Gasteiger partial charge < -0.3 is 15.8 Å². The number of rotatable bonds is 10. The maximum absolute atomic E-state index is 12.6. The Morgan fingerprint density at radius 3 is 2.58 bits per heavy atom. The highest BCUT2D eigenvalue weighted by atomic mass is 35.5. The molecule has 0 radical (unpaired) electrons. The molecule has 0 aliphatic rings. The van der Waals surface area contributed by atoms with Gasteiger partial charge in [-0.05, 0) is 42.7 Å². The van der Waals surface area contributed by atoms with Crippen molar-refractivity contribution in [3.05, 3.63) is 29.8 Å². The number of unbranched alkanes of at least 4 members (excludes halogenated alkanes) is 1. The maximum atomic E-state index is 12.6. The monoisotopic (exact) mass is 400 g/mol. The van der Waals surface area contributed by atoms with Gasteiger partial charge in [0.2, 0.25) is 5.91 Å². The van der Waals surface area contributed by atoms with Gasteiger partial charge in [-0.2, -0.15) is 0 Å². The van der Waals surface area contributed by atoms with Crippen LogP contribution in [0.4, 0.5) is 4.79 Å². The first-order valence-electron chi connectivity index (χ1n) is 8.50. The molecule has 1 aromatic rings. The van der Waals surface area contributed by atoms with Crippen LogP contribution in [0.3, 0.4) is 0 Å². The Morgan fingerprint density at radius 1 is 1.27 bits per heavy atom. The number of carbonyl (C=O) groups is 3. The quantitative estimate of drug-likeness (QED) is 0.271. The summed E-state index contributed by atoms with van der Waals surface area (Å²) in [5, 5.41) is 2.17. The Morgan fingerprint density at radius 2 is 1.96 bits per heavy atom. The van der Waals surface area contributed by atoms with Crippen LogP contribution < -0.4 is 11.1 Å². The van der Waals surface area contributed by atoms with Crippen molar-refractivity contribution in [1.29, 1.82) is 0 Å². The number of amides is 2. The molecule has 0 bridgehead atoms. The number of ether oxygens (including phenoxy) is 1. The molecule has 0 aliphatic carbocycles. The van der Waals surface area contributed by atoms with E-state index in [1.165, 1.54) is 0 Å². The molecule has 2 unspecified atom stereocenters. The van der Waals surface area contributed by atoms with Gasteiger partial charge in [0, 0.05) is 10.8 Å². The van der Waals surface area contributed by atoms with Gasteiger partial charge in [0.25, 0.3) is 5.91 Å². The normalized spacial score (nSPS) is 12.9. The van der Waals surface area contributed by atoms with Gasteiger partial charge in [-0.25, -0.2) is 4.79 Å². The number of alkyl halides is 1. The van der Waals surface area contributed by atoms with Gasteiger partial charge in [0.05, 0.1) is 12.2 Å². The lowest BCUT2D eigenvalue weighted by Crippen LogP contribution is -2.48. The van der Waals surface area contributed by atoms with Crippen LogP contribution in [0.2, 0.25) is 0 Å². The summed E-state index contributed by atoms with van der Waals surface area (Å²) in [6, 6.07) is 5.89. The Labute approximate surface area is 163 Å². The Hall–Kier alpha value is -1.73. The van der Waals surface area contributed by atoms with Crippen LogP contribution in [-0.4, -0.2) is 35.6 Å². The number of benzene rings is 1. The highest BCUT2D eigenvalue weighted by Gasteiger charge is 2.25. The van der Waals surface area contributed by atoms with Crippen molar-refractivity contribution in [2.45, 2.75) is 44.0 Å². The van der Waals surface area contributed by atoms with E-state index in [2.05, 4.69) is 5.32 Å². The van der Waals surface area contributed by atoms with Crippen molar-refractivity contribution in [2.24, 2.45) is 11.7 Å². The summed E-state index contributed by atoms with van der Waals surface area (Å²) in [4.78, 5) is 36.6. The molecule has 0 aliphatic heterocycles. The zero-order chi connectivity index (χ0) is 19.5. The van der Waals surface area contributed by atoms with Crippen molar-refractivity contribution >= 4 is 40.5 Å². The van der Waals surface area contributed by atoms with E-state index in [4.69, 9.17) is 22.1 Å². The largest absolute Gasteiger partial charge is 0.457 e. The molecule has 26 heavy (non-hydrogen) atoms. The molecule has 0 saturated heterocycles. The van der Waals surface area contributed by atoms with Crippen molar-refractivity contribution in [1.82, 2.24) is 5.32 Å².